The van der Waals surface area contributed by atoms with Gasteiger partial charge < -0.3 is 16.5 Å². The molecule has 0 aliphatic heterocycles. The fraction of sp³-hybridized carbons (Fsp3) is 0.429. The van der Waals surface area contributed by atoms with Gasteiger partial charge in [0.25, 0.3) is 0 Å². The Kier molecular flexibility index (Phi) is 2.34. The molecule has 1 aromatic heterocycles. The summed E-state index contributed by atoms with van der Waals surface area (Å²) in [6.45, 7) is 0.741. The number of aromatic amines is 1. The van der Waals surface area contributed by atoms with Gasteiger partial charge in [-0.05, 0) is 31.0 Å². The quantitative estimate of drug-likeness (QED) is 0.570. The van der Waals surface area contributed by atoms with E-state index in [2.05, 4.69) is 4.98 Å². The molecule has 56 valence electrons. The number of nitrogens with one attached hydrogen (secondary N) is 1. The molecule has 0 amide bonds. The van der Waals surface area contributed by atoms with Gasteiger partial charge in [0.15, 0.2) is 0 Å². The highest BCUT2D eigenvalue weighted by Crippen LogP contribution is 2.05. The summed E-state index contributed by atoms with van der Waals surface area (Å²) in [5.74, 6) is 0.729. The number of anilines is 1. The van der Waals surface area contributed by atoms with Crippen LogP contribution in [0.15, 0.2) is 12.3 Å². The van der Waals surface area contributed by atoms with Crippen molar-refractivity contribution in [2.24, 2.45) is 5.73 Å². The highest BCUT2D eigenvalue weighted by Gasteiger charge is 1.93. The van der Waals surface area contributed by atoms with Crippen LogP contribution in [0.5, 0.6) is 0 Å². The Hall–Kier alpha value is -0.960. The fourth-order valence-electron chi connectivity index (χ4n) is 0.910. The molecule has 0 saturated carbocycles. The molecule has 0 atom stereocenters. The normalized spacial score (nSPS) is 10.1. The number of rotatable bonds is 3. The second kappa shape index (κ2) is 3.27. The molecule has 1 aromatic rings. The Bertz CT molecular complexity index is 192. The molecular weight excluding hydrogens is 126 g/mol. The van der Waals surface area contributed by atoms with Crippen LogP contribution in [0.3, 0.4) is 0 Å². The van der Waals surface area contributed by atoms with Crippen LogP contribution in [0.25, 0.3) is 0 Å². The summed E-state index contributed by atoms with van der Waals surface area (Å²) in [6.07, 6.45) is 3.96. The van der Waals surface area contributed by atoms with Gasteiger partial charge in [0.2, 0.25) is 0 Å². The largest absolute Gasteiger partial charge is 0.385 e. The Labute approximate surface area is 60.4 Å². The molecule has 3 heteroatoms. The number of hydrogen-bond acceptors (Lipinski definition) is 2. The van der Waals surface area contributed by atoms with Gasteiger partial charge in [0.05, 0.1) is 0 Å². The highest BCUT2D eigenvalue weighted by atomic mass is 14.8. The number of nitrogen functional groups attached to an aromatic ring is 1. The number of aromatic nitrogens is 1. The van der Waals surface area contributed by atoms with E-state index < -0.39 is 0 Å². The first-order valence-corrected chi connectivity index (χ1v) is 3.46. The van der Waals surface area contributed by atoms with Gasteiger partial charge in [-0.2, -0.15) is 0 Å². The van der Waals surface area contributed by atoms with Gasteiger partial charge >= 0.3 is 0 Å². The SMILES string of the molecule is NCCCc1c[nH]c(N)c1. The lowest BCUT2D eigenvalue weighted by molar-refractivity contribution is 0.833. The molecule has 3 nitrogen and oxygen atoms in total. The van der Waals surface area contributed by atoms with E-state index >= 15 is 0 Å². The monoisotopic (exact) mass is 139 g/mol. The first kappa shape index (κ1) is 7.15. The van der Waals surface area contributed by atoms with Crippen LogP contribution in [0.2, 0.25) is 0 Å². The second-order valence-corrected chi connectivity index (χ2v) is 2.36. The second-order valence-electron chi connectivity index (χ2n) is 2.36. The van der Waals surface area contributed by atoms with Crippen molar-refractivity contribution in [3.63, 3.8) is 0 Å². The molecule has 0 aliphatic rings. The van der Waals surface area contributed by atoms with Gasteiger partial charge in [-0.15, -0.1) is 0 Å². The molecular formula is C7H13N3. The molecule has 0 radical (unpaired) electrons. The van der Waals surface area contributed by atoms with Gasteiger partial charge in [-0.25, -0.2) is 0 Å². The Morgan fingerprint density at radius 2 is 2.30 bits per heavy atom. The van der Waals surface area contributed by atoms with Crippen LogP contribution >= 0.6 is 0 Å². The van der Waals surface area contributed by atoms with E-state index in [9.17, 15) is 0 Å². The Morgan fingerprint density at radius 3 is 2.80 bits per heavy atom. The van der Waals surface area contributed by atoms with Crippen molar-refractivity contribution in [2.75, 3.05) is 12.3 Å². The predicted molar refractivity (Wildman–Crippen MR) is 42.6 cm³/mol. The number of hydrogen-bond donors (Lipinski definition) is 3. The summed E-state index contributed by atoms with van der Waals surface area (Å²) in [6, 6.07) is 1.94. The van der Waals surface area contributed by atoms with E-state index in [1.807, 2.05) is 12.3 Å². The number of nitrogens with two attached hydrogens (primary N) is 2. The van der Waals surface area contributed by atoms with E-state index in [1.165, 1.54) is 5.56 Å². The molecule has 0 fully saturated rings. The highest BCUT2D eigenvalue weighted by molar-refractivity contribution is 5.33. The maximum absolute atomic E-state index is 5.46. The molecule has 0 spiro atoms. The van der Waals surface area contributed by atoms with Gasteiger partial charge in [-0.1, -0.05) is 0 Å². The van der Waals surface area contributed by atoms with Crippen molar-refractivity contribution in [1.82, 2.24) is 4.98 Å². The zero-order valence-corrected chi connectivity index (χ0v) is 5.93. The lowest BCUT2D eigenvalue weighted by Crippen LogP contribution is -1.99. The molecule has 0 aliphatic carbocycles. The van der Waals surface area contributed by atoms with E-state index in [0.29, 0.717) is 0 Å². The molecule has 1 heterocycles. The summed E-state index contributed by atoms with van der Waals surface area (Å²) < 4.78 is 0. The van der Waals surface area contributed by atoms with E-state index in [0.717, 1.165) is 25.2 Å². The fourth-order valence-corrected chi connectivity index (χ4v) is 0.910. The van der Waals surface area contributed by atoms with Crippen molar-refractivity contribution >= 4 is 5.82 Å². The Morgan fingerprint density at radius 1 is 1.50 bits per heavy atom. The van der Waals surface area contributed by atoms with Crippen LogP contribution in [-0.4, -0.2) is 11.5 Å². The number of aryl methyl sites for hydroxylation is 1. The van der Waals surface area contributed by atoms with Gasteiger partial charge in [-0.3, -0.25) is 0 Å². The minimum atomic E-state index is 0.729. The summed E-state index contributed by atoms with van der Waals surface area (Å²) in [5.41, 5.74) is 12.0. The van der Waals surface area contributed by atoms with Gasteiger partial charge in [0, 0.05) is 6.20 Å². The summed E-state index contributed by atoms with van der Waals surface area (Å²) in [5, 5.41) is 0. The van der Waals surface area contributed by atoms with Crippen LogP contribution in [0.4, 0.5) is 5.82 Å². The van der Waals surface area contributed by atoms with E-state index in [-0.39, 0.29) is 0 Å². The average molecular weight is 139 g/mol. The summed E-state index contributed by atoms with van der Waals surface area (Å²) in [4.78, 5) is 2.91. The lowest BCUT2D eigenvalue weighted by atomic mass is 10.2. The minimum Gasteiger partial charge on any atom is -0.385 e. The third-order valence-electron chi connectivity index (χ3n) is 1.43. The van der Waals surface area contributed by atoms with Crippen molar-refractivity contribution < 1.29 is 0 Å². The Balaban J connectivity index is 2.42. The number of H-pyrrole nitrogens is 1. The summed E-state index contributed by atoms with van der Waals surface area (Å²) >= 11 is 0. The third-order valence-corrected chi connectivity index (χ3v) is 1.43. The smallest absolute Gasteiger partial charge is 0.100 e. The molecule has 0 saturated heterocycles. The van der Waals surface area contributed by atoms with Crippen molar-refractivity contribution in [3.8, 4) is 0 Å². The zero-order valence-electron chi connectivity index (χ0n) is 5.93. The van der Waals surface area contributed by atoms with E-state index in [4.69, 9.17) is 11.5 Å². The van der Waals surface area contributed by atoms with Crippen LogP contribution < -0.4 is 11.5 Å². The van der Waals surface area contributed by atoms with E-state index in [1.54, 1.807) is 0 Å². The molecule has 5 N–H and O–H groups in total. The molecule has 0 unspecified atom stereocenters. The first-order valence-electron chi connectivity index (χ1n) is 3.46. The van der Waals surface area contributed by atoms with Crippen LogP contribution in [0, 0.1) is 0 Å². The molecule has 0 bridgehead atoms. The first-order chi connectivity index (χ1) is 4.83. The van der Waals surface area contributed by atoms with Crippen molar-refractivity contribution in [2.45, 2.75) is 12.8 Å². The molecule has 1 rings (SSSR count). The van der Waals surface area contributed by atoms with Crippen molar-refractivity contribution in [3.05, 3.63) is 17.8 Å². The van der Waals surface area contributed by atoms with Crippen LogP contribution in [-0.2, 0) is 6.42 Å². The average Bonchev–Trinajstić information content (AvgIpc) is 2.31. The van der Waals surface area contributed by atoms with Gasteiger partial charge in [0.1, 0.15) is 5.82 Å². The standard InChI is InChI=1S/C7H13N3/c8-3-1-2-6-4-7(9)10-5-6/h4-5,10H,1-3,8-9H2. The van der Waals surface area contributed by atoms with Crippen LogP contribution in [0.1, 0.15) is 12.0 Å². The predicted octanol–water partition coefficient (Wildman–Crippen LogP) is 0.488. The molecule has 0 aromatic carbocycles. The summed E-state index contributed by atoms with van der Waals surface area (Å²) in [7, 11) is 0. The topological polar surface area (TPSA) is 67.8 Å². The van der Waals surface area contributed by atoms with Crippen molar-refractivity contribution in [1.29, 1.82) is 0 Å². The third kappa shape index (κ3) is 1.77. The maximum Gasteiger partial charge on any atom is 0.100 e. The lowest BCUT2D eigenvalue weighted by Gasteiger charge is -1.91. The minimum absolute atomic E-state index is 0.729. The molecule has 10 heavy (non-hydrogen) atoms. The maximum atomic E-state index is 5.46. The zero-order chi connectivity index (χ0) is 7.40.